The predicted octanol–water partition coefficient (Wildman–Crippen LogP) is 2.60. The Morgan fingerprint density at radius 3 is 2.47 bits per heavy atom. The minimum atomic E-state index is -3.86. The predicted molar refractivity (Wildman–Crippen MR) is 139 cm³/mol. The molecule has 0 radical (unpaired) electrons. The van der Waals surface area contributed by atoms with Crippen molar-refractivity contribution in [1.82, 2.24) is 9.71 Å². The fourth-order valence-electron chi connectivity index (χ4n) is 4.80. The van der Waals surface area contributed by atoms with Gasteiger partial charge in [0.25, 0.3) is 15.6 Å². The second-order valence-electron chi connectivity index (χ2n) is 8.65. The summed E-state index contributed by atoms with van der Waals surface area (Å²) in [6, 6.07) is 18.0. The zero-order valence-corrected chi connectivity index (χ0v) is 20.0. The first kappa shape index (κ1) is 22.1. The van der Waals surface area contributed by atoms with Gasteiger partial charge in [-0.25, -0.2) is 12.8 Å². The third kappa shape index (κ3) is 3.47. The molecule has 36 heavy (non-hydrogen) atoms. The molecule has 2 aromatic rings. The Kier molecular flexibility index (Phi) is 4.97. The van der Waals surface area contributed by atoms with Gasteiger partial charge in [-0.1, -0.05) is 18.2 Å². The molecule has 0 spiro atoms. The highest BCUT2D eigenvalue weighted by molar-refractivity contribution is 7.89. The van der Waals surface area contributed by atoms with E-state index in [1.165, 1.54) is 24.3 Å². The lowest BCUT2D eigenvalue weighted by Crippen LogP contribution is -2.32. The Bertz CT molecular complexity index is 1800. The first-order chi connectivity index (χ1) is 17.3. The molecule has 0 saturated heterocycles. The Labute approximate surface area is 206 Å². The third-order valence-electron chi connectivity index (χ3n) is 6.46. The average Bonchev–Trinajstić information content (AvgIpc) is 3.08. The molecule has 0 saturated carbocycles. The van der Waals surface area contributed by atoms with Gasteiger partial charge in [-0.05, 0) is 60.7 Å². The third-order valence-corrected chi connectivity index (χ3v) is 7.84. The van der Waals surface area contributed by atoms with E-state index >= 15 is 0 Å². The highest BCUT2D eigenvalue weighted by atomic mass is 32.2. The van der Waals surface area contributed by atoms with E-state index in [-0.39, 0.29) is 16.3 Å². The van der Waals surface area contributed by atoms with Crippen LogP contribution in [0.2, 0.25) is 0 Å². The fourth-order valence-corrected chi connectivity index (χ4v) is 5.90. The highest BCUT2D eigenvalue weighted by Crippen LogP contribution is 2.37. The van der Waals surface area contributed by atoms with Crippen LogP contribution in [0.4, 0.5) is 21.5 Å². The van der Waals surface area contributed by atoms with E-state index < -0.39 is 10.0 Å². The van der Waals surface area contributed by atoms with Crippen LogP contribution in [0, 0.1) is 5.82 Å². The number of sulfonamides is 1. The van der Waals surface area contributed by atoms with Crippen LogP contribution in [-0.4, -0.2) is 27.0 Å². The van der Waals surface area contributed by atoms with Crippen LogP contribution in [0.25, 0.3) is 22.9 Å². The van der Waals surface area contributed by atoms with Crippen molar-refractivity contribution in [2.75, 3.05) is 23.4 Å². The maximum atomic E-state index is 13.6. The molecule has 180 valence electrons. The summed E-state index contributed by atoms with van der Waals surface area (Å²) in [6.07, 6.45) is 5.33. The molecule has 4 aliphatic rings. The molecule has 0 unspecified atom stereocenters. The number of fused-ring (bicyclic) bond motifs is 2. The molecule has 9 heteroatoms. The van der Waals surface area contributed by atoms with Gasteiger partial charge in [-0.2, -0.15) is 0 Å². The second-order valence-corrected chi connectivity index (χ2v) is 10.3. The number of nitrogens with one attached hydrogen (secondary N) is 2. The van der Waals surface area contributed by atoms with E-state index in [0.29, 0.717) is 34.1 Å². The summed E-state index contributed by atoms with van der Waals surface area (Å²) in [5.41, 5.74) is 3.40. The number of H-pyrrole nitrogens is 1. The number of hydrogen-bond donors (Lipinski definition) is 2. The van der Waals surface area contributed by atoms with Gasteiger partial charge in [-0.3, -0.25) is 9.52 Å². The average molecular weight is 501 g/mol. The monoisotopic (exact) mass is 500 g/mol. The molecule has 6 rings (SSSR count). The van der Waals surface area contributed by atoms with Gasteiger partial charge in [0.05, 0.1) is 27.5 Å². The van der Waals surface area contributed by atoms with Gasteiger partial charge in [0.15, 0.2) is 0 Å². The molecule has 2 aromatic carbocycles. The SMILES string of the molecule is CN1C=CC(NS(=O)(=O)c2ccccc2)=c2ccc3c4c([nH]c(=O)c-4c21)=CCN3c1ccc(F)cc1. The zero-order valence-electron chi connectivity index (χ0n) is 19.2. The van der Waals surface area contributed by atoms with Gasteiger partial charge in [0, 0.05) is 41.6 Å². The summed E-state index contributed by atoms with van der Waals surface area (Å²) >= 11 is 0. The molecular weight excluding hydrogens is 479 g/mol. The number of rotatable bonds is 4. The summed E-state index contributed by atoms with van der Waals surface area (Å²) in [7, 11) is -2.04. The lowest BCUT2D eigenvalue weighted by Gasteiger charge is -2.27. The number of halogens is 1. The summed E-state index contributed by atoms with van der Waals surface area (Å²) in [6.45, 7) is 0.480. The smallest absolute Gasteiger partial charge is 0.261 e. The molecule has 1 aliphatic carbocycles. The number of aromatic amines is 1. The first-order valence-electron chi connectivity index (χ1n) is 11.3. The number of anilines is 3. The van der Waals surface area contributed by atoms with Crippen molar-refractivity contribution in [3.05, 3.63) is 106 Å². The van der Waals surface area contributed by atoms with E-state index in [4.69, 9.17) is 0 Å². The van der Waals surface area contributed by atoms with Gasteiger partial charge in [-0.15, -0.1) is 0 Å². The van der Waals surface area contributed by atoms with Crippen LogP contribution in [0.5, 0.6) is 0 Å². The van der Waals surface area contributed by atoms with Crippen LogP contribution in [-0.2, 0) is 10.0 Å². The molecule has 3 aliphatic heterocycles. The van der Waals surface area contributed by atoms with Crippen molar-refractivity contribution < 1.29 is 12.8 Å². The maximum Gasteiger partial charge on any atom is 0.261 e. The van der Waals surface area contributed by atoms with E-state index in [1.54, 1.807) is 42.6 Å². The maximum absolute atomic E-state index is 13.6. The van der Waals surface area contributed by atoms with Crippen LogP contribution in [0.3, 0.4) is 0 Å². The van der Waals surface area contributed by atoms with Crippen LogP contribution in [0.1, 0.15) is 0 Å². The van der Waals surface area contributed by atoms with Crippen molar-refractivity contribution >= 4 is 38.9 Å². The van der Waals surface area contributed by atoms with Gasteiger partial charge >= 0.3 is 0 Å². The summed E-state index contributed by atoms with van der Waals surface area (Å²) in [5.74, 6) is -0.333. The van der Waals surface area contributed by atoms with Gasteiger partial charge in [0.2, 0.25) is 0 Å². The zero-order chi connectivity index (χ0) is 25.0. The molecule has 0 fully saturated rings. The Morgan fingerprint density at radius 2 is 1.72 bits per heavy atom. The summed E-state index contributed by atoms with van der Waals surface area (Å²) in [4.78, 5) is 20.2. The Hall–Kier alpha value is -4.37. The van der Waals surface area contributed by atoms with Crippen LogP contribution < -0.4 is 30.6 Å². The molecule has 0 amide bonds. The van der Waals surface area contributed by atoms with Crippen molar-refractivity contribution in [1.29, 1.82) is 0 Å². The number of hydrogen-bond acceptors (Lipinski definition) is 5. The number of benzene rings is 2. The standard InChI is InChI=1S/C27H21FN4O3S/c1-31-15-13-21(30-36(34,35)19-5-3-2-4-6-19)20-11-12-23-24-22(29-27(33)25(24)26(20)31)14-16-32(23)18-9-7-17(28)8-10-18/h2-15,30H,16H2,1H3,(H,29,33). The van der Waals surface area contributed by atoms with Gasteiger partial charge < -0.3 is 14.8 Å². The number of aromatic nitrogens is 1. The lowest BCUT2D eigenvalue weighted by atomic mass is 10.0. The topological polar surface area (TPSA) is 85.5 Å². The molecular formula is C27H21FN4O3S. The highest BCUT2D eigenvalue weighted by Gasteiger charge is 2.28. The first-order valence-corrected chi connectivity index (χ1v) is 12.8. The molecule has 3 heterocycles. The van der Waals surface area contributed by atoms with E-state index in [9.17, 15) is 17.6 Å². The van der Waals surface area contributed by atoms with Crippen molar-refractivity contribution in [3.63, 3.8) is 0 Å². The molecule has 7 nitrogen and oxygen atoms in total. The Morgan fingerprint density at radius 1 is 0.972 bits per heavy atom. The van der Waals surface area contributed by atoms with E-state index in [0.717, 1.165) is 16.9 Å². The van der Waals surface area contributed by atoms with Crippen LogP contribution in [0.15, 0.2) is 88.7 Å². The second kappa shape index (κ2) is 8.10. The Balaban J connectivity index is 1.61. The molecule has 0 aromatic heterocycles. The summed E-state index contributed by atoms with van der Waals surface area (Å²) in [5, 5.41) is 1.27. The fraction of sp³-hybridized carbons (Fsp3) is 0.0741. The van der Waals surface area contributed by atoms with E-state index in [2.05, 4.69) is 9.71 Å². The summed E-state index contributed by atoms with van der Waals surface area (Å²) < 4.78 is 42.5. The van der Waals surface area contributed by atoms with E-state index in [1.807, 2.05) is 35.1 Å². The number of nitrogens with zero attached hydrogens (tertiary/aromatic N) is 2. The molecule has 2 N–H and O–H groups in total. The lowest BCUT2D eigenvalue weighted by molar-refractivity contribution is 0.591. The molecule has 0 bridgehead atoms. The minimum absolute atomic E-state index is 0.140. The minimum Gasteiger partial charge on any atom is -0.350 e. The normalized spacial score (nSPS) is 14.6. The van der Waals surface area contributed by atoms with Gasteiger partial charge in [0.1, 0.15) is 5.82 Å². The largest absolute Gasteiger partial charge is 0.350 e. The molecule has 0 atom stereocenters. The van der Waals surface area contributed by atoms with Crippen LogP contribution >= 0.6 is 0 Å². The van der Waals surface area contributed by atoms with Crippen molar-refractivity contribution in [3.8, 4) is 11.1 Å². The van der Waals surface area contributed by atoms with Crippen molar-refractivity contribution in [2.24, 2.45) is 0 Å². The quantitative estimate of drug-likeness (QED) is 0.450. The van der Waals surface area contributed by atoms with Crippen molar-refractivity contribution in [2.45, 2.75) is 4.90 Å².